The lowest BCUT2D eigenvalue weighted by atomic mass is 9.99. The van der Waals surface area contributed by atoms with E-state index in [1.807, 2.05) is 25.1 Å². The lowest BCUT2D eigenvalue weighted by molar-refractivity contribution is 0.214. The maximum atomic E-state index is 10.4. The molecule has 2 nitrogen and oxygen atoms in total. The summed E-state index contributed by atoms with van der Waals surface area (Å²) in [5.74, 6) is 0. The van der Waals surface area contributed by atoms with Gasteiger partial charge in [-0.2, -0.15) is 0 Å². The Morgan fingerprint density at radius 1 is 1.17 bits per heavy atom. The summed E-state index contributed by atoms with van der Waals surface area (Å²) in [6.45, 7) is 1.99. The van der Waals surface area contributed by atoms with Gasteiger partial charge in [-0.15, -0.1) is 0 Å². The third-order valence-corrected chi connectivity index (χ3v) is 3.75. The fourth-order valence-corrected chi connectivity index (χ4v) is 2.70. The van der Waals surface area contributed by atoms with Crippen LogP contribution in [0.3, 0.4) is 0 Å². The number of benzene rings is 1. The maximum absolute atomic E-state index is 10.4. The Bertz CT molecular complexity index is 577. The first-order valence-corrected chi connectivity index (χ1v) is 6.47. The highest BCUT2D eigenvalue weighted by Gasteiger charge is 2.17. The molecule has 2 heteroatoms. The van der Waals surface area contributed by atoms with E-state index in [0.29, 0.717) is 0 Å². The molecule has 1 N–H and O–H groups in total. The number of nitrogens with zero attached hydrogens (tertiary/aromatic N) is 1. The van der Waals surface area contributed by atoms with Crippen molar-refractivity contribution in [2.45, 2.75) is 32.3 Å². The molecule has 1 heterocycles. The van der Waals surface area contributed by atoms with Gasteiger partial charge >= 0.3 is 0 Å². The van der Waals surface area contributed by atoms with E-state index < -0.39 is 6.10 Å². The van der Waals surface area contributed by atoms with Crippen LogP contribution in [-0.2, 0) is 12.8 Å². The van der Waals surface area contributed by atoms with Gasteiger partial charge in [0.15, 0.2) is 0 Å². The Kier molecular flexibility index (Phi) is 2.88. The molecule has 0 saturated carbocycles. The lowest BCUT2D eigenvalue weighted by Gasteiger charge is -2.14. The molecular formula is C16H17NO. The first-order valence-electron chi connectivity index (χ1n) is 6.47. The van der Waals surface area contributed by atoms with E-state index in [0.717, 1.165) is 23.2 Å². The Hall–Kier alpha value is -1.67. The topological polar surface area (TPSA) is 33.1 Å². The maximum Gasteiger partial charge on any atom is 0.121 e. The Morgan fingerprint density at radius 2 is 2.00 bits per heavy atom. The number of aliphatic hydroxyl groups excluding tert-OH is 1. The van der Waals surface area contributed by atoms with Crippen molar-refractivity contribution in [3.63, 3.8) is 0 Å². The number of aryl methyl sites for hydroxylation is 3. The van der Waals surface area contributed by atoms with Crippen molar-refractivity contribution >= 4 is 0 Å². The summed E-state index contributed by atoms with van der Waals surface area (Å²) in [7, 11) is 0. The van der Waals surface area contributed by atoms with E-state index in [9.17, 15) is 5.11 Å². The van der Waals surface area contributed by atoms with Crippen LogP contribution in [0.15, 0.2) is 36.5 Å². The van der Waals surface area contributed by atoms with Crippen molar-refractivity contribution in [3.8, 4) is 0 Å². The smallest absolute Gasteiger partial charge is 0.121 e. The molecule has 1 unspecified atom stereocenters. The normalized spacial score (nSPS) is 15.4. The number of rotatable bonds is 2. The first kappa shape index (κ1) is 11.4. The zero-order valence-corrected chi connectivity index (χ0v) is 10.6. The molecule has 0 amide bonds. The summed E-state index contributed by atoms with van der Waals surface area (Å²) in [6, 6.07) is 10.2. The number of hydrogen-bond acceptors (Lipinski definition) is 2. The molecule has 3 rings (SSSR count). The van der Waals surface area contributed by atoms with E-state index in [2.05, 4.69) is 17.1 Å². The summed E-state index contributed by atoms with van der Waals surface area (Å²) >= 11 is 0. The highest BCUT2D eigenvalue weighted by atomic mass is 16.3. The Balaban J connectivity index is 1.98. The highest BCUT2D eigenvalue weighted by Crippen LogP contribution is 2.28. The molecule has 2 aromatic rings. The number of aromatic nitrogens is 1. The van der Waals surface area contributed by atoms with Crippen LogP contribution in [0.1, 0.15) is 40.5 Å². The van der Waals surface area contributed by atoms with Gasteiger partial charge in [0.1, 0.15) is 6.10 Å². The van der Waals surface area contributed by atoms with Crippen molar-refractivity contribution < 1.29 is 5.11 Å². The molecule has 1 aliphatic carbocycles. The molecule has 18 heavy (non-hydrogen) atoms. The first-order chi connectivity index (χ1) is 8.75. The number of pyridine rings is 1. The Morgan fingerprint density at radius 3 is 2.83 bits per heavy atom. The number of fused-ring (bicyclic) bond motifs is 1. The van der Waals surface area contributed by atoms with Gasteiger partial charge in [-0.3, -0.25) is 4.98 Å². The molecule has 0 saturated heterocycles. The van der Waals surface area contributed by atoms with E-state index in [1.54, 1.807) is 6.20 Å². The van der Waals surface area contributed by atoms with Gasteiger partial charge in [0.2, 0.25) is 0 Å². The van der Waals surface area contributed by atoms with Crippen molar-refractivity contribution in [2.24, 2.45) is 0 Å². The molecule has 0 aliphatic heterocycles. The van der Waals surface area contributed by atoms with Crippen molar-refractivity contribution in [3.05, 3.63) is 64.5 Å². The highest BCUT2D eigenvalue weighted by molar-refractivity contribution is 5.39. The van der Waals surface area contributed by atoms with Gasteiger partial charge in [0.25, 0.3) is 0 Å². The lowest BCUT2D eigenvalue weighted by Crippen LogP contribution is -2.05. The standard InChI is InChI=1S/C16H17NO/c1-11-4-3-9-17-15(11)16(18)14-8-7-12-5-2-6-13(12)10-14/h3-4,7-10,16,18H,2,5-6H2,1H3. The van der Waals surface area contributed by atoms with Crippen LogP contribution < -0.4 is 0 Å². The predicted molar refractivity (Wildman–Crippen MR) is 71.5 cm³/mol. The fraction of sp³-hybridized carbons (Fsp3) is 0.312. The van der Waals surface area contributed by atoms with Gasteiger partial charge in [-0.05, 0) is 54.5 Å². The van der Waals surface area contributed by atoms with E-state index in [4.69, 9.17) is 0 Å². The molecular weight excluding hydrogens is 222 g/mol. The summed E-state index contributed by atoms with van der Waals surface area (Å²) in [5, 5.41) is 10.4. The molecule has 1 atom stereocenters. The SMILES string of the molecule is Cc1cccnc1C(O)c1ccc2c(c1)CCC2. The van der Waals surface area contributed by atoms with Crippen molar-refractivity contribution in [1.82, 2.24) is 4.98 Å². The molecule has 1 aromatic heterocycles. The molecule has 0 fully saturated rings. The van der Waals surface area contributed by atoms with Gasteiger partial charge < -0.3 is 5.11 Å². The van der Waals surface area contributed by atoms with Gasteiger partial charge in [-0.1, -0.05) is 24.3 Å². The summed E-state index contributed by atoms with van der Waals surface area (Å²) in [5.41, 5.74) is 5.57. The number of aliphatic hydroxyl groups is 1. The zero-order valence-electron chi connectivity index (χ0n) is 10.6. The third kappa shape index (κ3) is 1.93. The van der Waals surface area contributed by atoms with Crippen LogP contribution in [0.5, 0.6) is 0 Å². The summed E-state index contributed by atoms with van der Waals surface area (Å²) in [6.07, 6.45) is 4.67. The minimum absolute atomic E-state index is 0.614. The quantitative estimate of drug-likeness (QED) is 0.874. The van der Waals surface area contributed by atoms with Crippen molar-refractivity contribution in [1.29, 1.82) is 0 Å². The minimum Gasteiger partial charge on any atom is -0.382 e. The molecule has 1 aromatic carbocycles. The van der Waals surface area contributed by atoms with E-state index in [1.165, 1.54) is 24.0 Å². The average molecular weight is 239 g/mol. The summed E-state index contributed by atoms with van der Waals surface area (Å²) in [4.78, 5) is 4.30. The van der Waals surface area contributed by atoms with Crippen LogP contribution in [0.4, 0.5) is 0 Å². The van der Waals surface area contributed by atoms with Crippen LogP contribution in [0.2, 0.25) is 0 Å². The second kappa shape index (κ2) is 4.54. The van der Waals surface area contributed by atoms with Crippen LogP contribution in [-0.4, -0.2) is 10.1 Å². The largest absolute Gasteiger partial charge is 0.382 e. The third-order valence-electron chi connectivity index (χ3n) is 3.75. The van der Waals surface area contributed by atoms with Crippen LogP contribution in [0.25, 0.3) is 0 Å². The average Bonchev–Trinajstić information content (AvgIpc) is 2.85. The van der Waals surface area contributed by atoms with Crippen molar-refractivity contribution in [2.75, 3.05) is 0 Å². The van der Waals surface area contributed by atoms with Gasteiger partial charge in [-0.25, -0.2) is 0 Å². The fourth-order valence-electron chi connectivity index (χ4n) is 2.70. The van der Waals surface area contributed by atoms with Gasteiger partial charge in [0.05, 0.1) is 5.69 Å². The predicted octanol–water partition coefficient (Wildman–Crippen LogP) is 2.96. The Labute approximate surface area is 107 Å². The number of hydrogen-bond donors (Lipinski definition) is 1. The van der Waals surface area contributed by atoms with Gasteiger partial charge in [0, 0.05) is 6.20 Å². The second-order valence-corrected chi connectivity index (χ2v) is 4.99. The molecule has 0 radical (unpaired) electrons. The van der Waals surface area contributed by atoms with E-state index >= 15 is 0 Å². The minimum atomic E-state index is -0.614. The monoisotopic (exact) mass is 239 g/mol. The molecule has 92 valence electrons. The van der Waals surface area contributed by atoms with Crippen LogP contribution >= 0.6 is 0 Å². The second-order valence-electron chi connectivity index (χ2n) is 4.99. The molecule has 1 aliphatic rings. The summed E-state index contributed by atoms with van der Waals surface area (Å²) < 4.78 is 0. The molecule has 0 spiro atoms. The zero-order chi connectivity index (χ0) is 12.5. The van der Waals surface area contributed by atoms with Crippen LogP contribution in [0, 0.1) is 6.92 Å². The van der Waals surface area contributed by atoms with E-state index in [-0.39, 0.29) is 0 Å². The molecule has 0 bridgehead atoms.